The maximum absolute atomic E-state index is 11.7. The van der Waals surface area contributed by atoms with Crippen LogP contribution in [0.25, 0.3) is 0 Å². The number of nitrogens with two attached hydrogens (primary N) is 1. The Morgan fingerprint density at radius 2 is 1.89 bits per heavy atom. The molecule has 0 aliphatic heterocycles. The Morgan fingerprint density at radius 3 is 2.33 bits per heavy atom. The van der Waals surface area contributed by atoms with Crippen molar-refractivity contribution in [3.63, 3.8) is 0 Å². The molecule has 3 nitrogen and oxygen atoms in total. The predicted molar refractivity (Wildman–Crippen MR) is 76.3 cm³/mol. The first-order valence-corrected chi connectivity index (χ1v) is 7.22. The first-order valence-electron chi connectivity index (χ1n) is 7.22. The van der Waals surface area contributed by atoms with E-state index in [4.69, 9.17) is 10.5 Å². The normalized spacial score (nSPS) is 15.2. The number of hydrogen-bond donors (Lipinski definition) is 1. The summed E-state index contributed by atoms with van der Waals surface area (Å²) in [5.74, 6) is 0.340. The van der Waals surface area contributed by atoms with E-state index in [0.717, 1.165) is 12.8 Å². The molecule has 0 bridgehead atoms. The van der Waals surface area contributed by atoms with E-state index in [2.05, 4.69) is 13.8 Å². The monoisotopic (exact) mass is 257 g/mol. The third-order valence-electron chi connectivity index (χ3n) is 3.52. The van der Waals surface area contributed by atoms with Gasteiger partial charge in [-0.25, -0.2) is 0 Å². The van der Waals surface area contributed by atoms with E-state index >= 15 is 0 Å². The topological polar surface area (TPSA) is 52.3 Å². The van der Waals surface area contributed by atoms with Gasteiger partial charge in [0.15, 0.2) is 0 Å². The lowest BCUT2D eigenvalue weighted by Crippen LogP contribution is -2.37. The Morgan fingerprint density at radius 1 is 1.28 bits per heavy atom. The number of ether oxygens (including phenoxy) is 1. The summed E-state index contributed by atoms with van der Waals surface area (Å²) >= 11 is 0. The molecule has 2 atom stereocenters. The van der Waals surface area contributed by atoms with E-state index in [1.165, 1.54) is 12.8 Å². The van der Waals surface area contributed by atoms with Crippen molar-refractivity contribution in [3.8, 4) is 0 Å². The average molecular weight is 257 g/mol. The largest absolute Gasteiger partial charge is 0.465 e. The van der Waals surface area contributed by atoms with Crippen LogP contribution in [-0.4, -0.2) is 18.6 Å². The molecule has 0 aliphatic rings. The summed E-state index contributed by atoms with van der Waals surface area (Å²) in [7, 11) is 0. The molecule has 0 fully saturated rings. The van der Waals surface area contributed by atoms with Crippen molar-refractivity contribution in [2.24, 2.45) is 17.1 Å². The summed E-state index contributed by atoms with van der Waals surface area (Å²) in [4.78, 5) is 11.7. The summed E-state index contributed by atoms with van der Waals surface area (Å²) in [5, 5.41) is 0. The van der Waals surface area contributed by atoms with Gasteiger partial charge in [0.1, 0.15) is 0 Å². The molecule has 2 unspecified atom stereocenters. The zero-order valence-electron chi connectivity index (χ0n) is 12.8. The van der Waals surface area contributed by atoms with Gasteiger partial charge in [0.25, 0.3) is 0 Å². The molecule has 0 spiro atoms. The van der Waals surface area contributed by atoms with Crippen molar-refractivity contribution in [2.45, 2.75) is 72.8 Å². The Labute approximate surface area is 112 Å². The van der Waals surface area contributed by atoms with Gasteiger partial charge in [-0.3, -0.25) is 4.79 Å². The zero-order chi connectivity index (χ0) is 14.2. The minimum Gasteiger partial charge on any atom is -0.465 e. The van der Waals surface area contributed by atoms with Crippen molar-refractivity contribution < 1.29 is 9.53 Å². The Balaban J connectivity index is 3.94. The second kappa shape index (κ2) is 8.52. The molecule has 0 radical (unpaired) electrons. The van der Waals surface area contributed by atoms with Crippen LogP contribution in [0.1, 0.15) is 66.7 Å². The second-order valence-electron chi connectivity index (χ2n) is 6.28. The van der Waals surface area contributed by atoms with Gasteiger partial charge in [-0.2, -0.15) is 0 Å². The van der Waals surface area contributed by atoms with Crippen LogP contribution < -0.4 is 5.73 Å². The summed E-state index contributed by atoms with van der Waals surface area (Å²) in [5.41, 5.74) is 5.92. The van der Waals surface area contributed by atoms with Gasteiger partial charge in [-0.1, -0.05) is 53.9 Å². The standard InChI is InChI=1S/C15H31NO2/c1-6-8-9-12(7-2)11-18-14(17)10-13(16)15(3,4)5/h12-13H,6-11,16H2,1-5H3. The highest BCUT2D eigenvalue weighted by Crippen LogP contribution is 2.20. The van der Waals surface area contributed by atoms with Crippen LogP contribution in [0.5, 0.6) is 0 Å². The molecule has 0 aliphatic carbocycles. The molecule has 2 N–H and O–H groups in total. The maximum atomic E-state index is 11.7. The van der Waals surface area contributed by atoms with Gasteiger partial charge in [-0.15, -0.1) is 0 Å². The highest BCUT2D eigenvalue weighted by Gasteiger charge is 2.24. The third-order valence-corrected chi connectivity index (χ3v) is 3.52. The molecule has 0 aromatic heterocycles. The van der Waals surface area contributed by atoms with Crippen molar-refractivity contribution in [2.75, 3.05) is 6.61 Å². The summed E-state index contributed by atoms with van der Waals surface area (Å²) in [6.45, 7) is 11.0. The Bertz CT molecular complexity index is 233. The van der Waals surface area contributed by atoms with Crippen LogP contribution in [0, 0.1) is 11.3 Å². The van der Waals surface area contributed by atoms with Crippen LogP contribution in [-0.2, 0) is 9.53 Å². The fourth-order valence-corrected chi connectivity index (χ4v) is 1.65. The number of unbranched alkanes of at least 4 members (excludes halogenated alkanes) is 1. The molecule has 0 aromatic rings. The average Bonchev–Trinajstić information content (AvgIpc) is 2.28. The van der Waals surface area contributed by atoms with Crippen LogP contribution in [0.3, 0.4) is 0 Å². The second-order valence-corrected chi connectivity index (χ2v) is 6.28. The highest BCUT2D eigenvalue weighted by molar-refractivity contribution is 5.70. The molecule has 18 heavy (non-hydrogen) atoms. The van der Waals surface area contributed by atoms with Crippen molar-refractivity contribution in [3.05, 3.63) is 0 Å². The molecule has 0 rings (SSSR count). The van der Waals surface area contributed by atoms with Gasteiger partial charge in [0, 0.05) is 6.04 Å². The SMILES string of the molecule is CCCCC(CC)COC(=O)CC(N)C(C)(C)C. The maximum Gasteiger partial charge on any atom is 0.307 e. The number of carbonyl (C=O) groups is 1. The third kappa shape index (κ3) is 7.70. The molecule has 108 valence electrons. The molecule has 0 saturated carbocycles. The number of rotatable bonds is 8. The minimum absolute atomic E-state index is 0.0502. The lowest BCUT2D eigenvalue weighted by Gasteiger charge is -2.26. The van der Waals surface area contributed by atoms with E-state index in [1.807, 2.05) is 20.8 Å². The number of esters is 1. The first kappa shape index (κ1) is 17.4. The van der Waals surface area contributed by atoms with E-state index in [1.54, 1.807) is 0 Å². The highest BCUT2D eigenvalue weighted by atomic mass is 16.5. The van der Waals surface area contributed by atoms with Gasteiger partial charge in [0.05, 0.1) is 13.0 Å². The van der Waals surface area contributed by atoms with E-state index in [0.29, 0.717) is 18.9 Å². The van der Waals surface area contributed by atoms with Crippen molar-refractivity contribution >= 4 is 5.97 Å². The summed E-state index contributed by atoms with van der Waals surface area (Å²) in [6.07, 6.45) is 4.93. The summed E-state index contributed by atoms with van der Waals surface area (Å²) < 4.78 is 5.34. The lowest BCUT2D eigenvalue weighted by atomic mass is 9.85. The Kier molecular flexibility index (Phi) is 8.25. The molecule has 0 aromatic carbocycles. The Hall–Kier alpha value is -0.570. The molecule has 0 amide bonds. The quantitative estimate of drug-likeness (QED) is 0.677. The van der Waals surface area contributed by atoms with E-state index in [-0.39, 0.29) is 17.4 Å². The van der Waals surface area contributed by atoms with Crippen molar-refractivity contribution in [1.82, 2.24) is 0 Å². The van der Waals surface area contributed by atoms with Crippen LogP contribution in [0.2, 0.25) is 0 Å². The first-order chi connectivity index (χ1) is 8.31. The van der Waals surface area contributed by atoms with E-state index in [9.17, 15) is 4.79 Å². The van der Waals surface area contributed by atoms with Crippen LogP contribution in [0.4, 0.5) is 0 Å². The fourth-order valence-electron chi connectivity index (χ4n) is 1.65. The predicted octanol–water partition coefficient (Wildman–Crippen LogP) is 3.51. The molecular weight excluding hydrogens is 226 g/mol. The smallest absolute Gasteiger partial charge is 0.307 e. The molecule has 3 heteroatoms. The summed E-state index contributed by atoms with van der Waals surface area (Å²) in [6, 6.07) is -0.138. The molecule has 0 heterocycles. The minimum atomic E-state index is -0.160. The van der Waals surface area contributed by atoms with E-state index < -0.39 is 0 Å². The fraction of sp³-hybridized carbons (Fsp3) is 0.933. The number of hydrogen-bond acceptors (Lipinski definition) is 3. The van der Waals surface area contributed by atoms with Gasteiger partial charge in [0.2, 0.25) is 0 Å². The van der Waals surface area contributed by atoms with Gasteiger partial charge in [-0.05, 0) is 17.8 Å². The number of carbonyl (C=O) groups excluding carboxylic acids is 1. The molecular formula is C15H31NO2. The van der Waals surface area contributed by atoms with Crippen LogP contribution in [0.15, 0.2) is 0 Å². The lowest BCUT2D eigenvalue weighted by molar-refractivity contribution is -0.146. The van der Waals surface area contributed by atoms with Gasteiger partial charge < -0.3 is 10.5 Å². The zero-order valence-corrected chi connectivity index (χ0v) is 12.8. The molecule has 0 saturated heterocycles. The van der Waals surface area contributed by atoms with Crippen molar-refractivity contribution in [1.29, 1.82) is 0 Å². The van der Waals surface area contributed by atoms with Crippen LogP contribution >= 0.6 is 0 Å². The van der Waals surface area contributed by atoms with Gasteiger partial charge >= 0.3 is 5.97 Å².